The highest BCUT2D eigenvalue weighted by Gasteiger charge is 2.13. The standard InChI is InChI=1S/C19H17FN4O2S/c1-2-10-24-18(26)14-7-5-9-21-17(14)23-19(24)27-12-16(25)22-11-13-6-3-4-8-15(13)20/h2-9H,1,10-12H2,(H,22,25). The van der Waals surface area contributed by atoms with E-state index in [1.165, 1.54) is 10.6 Å². The minimum absolute atomic E-state index is 0.0381. The Balaban J connectivity index is 1.73. The molecule has 3 aromatic rings. The van der Waals surface area contributed by atoms with Crippen LogP contribution in [0.2, 0.25) is 0 Å². The normalized spacial score (nSPS) is 10.7. The fourth-order valence-corrected chi connectivity index (χ4v) is 3.28. The minimum Gasteiger partial charge on any atom is -0.351 e. The zero-order valence-electron chi connectivity index (χ0n) is 14.4. The number of halogens is 1. The van der Waals surface area contributed by atoms with Crippen LogP contribution in [0.1, 0.15) is 5.56 Å². The van der Waals surface area contributed by atoms with Gasteiger partial charge in [-0.15, -0.1) is 6.58 Å². The molecule has 8 heteroatoms. The van der Waals surface area contributed by atoms with Crippen LogP contribution in [0.25, 0.3) is 11.0 Å². The molecule has 0 saturated heterocycles. The summed E-state index contributed by atoms with van der Waals surface area (Å²) in [6.45, 7) is 4.03. The number of rotatable bonds is 7. The summed E-state index contributed by atoms with van der Waals surface area (Å²) in [5.41, 5.74) is 0.506. The third kappa shape index (κ3) is 4.40. The molecule has 1 aromatic carbocycles. The molecule has 0 aliphatic heterocycles. The number of carbonyl (C=O) groups excluding carboxylic acids is 1. The molecule has 0 fully saturated rings. The van der Waals surface area contributed by atoms with Gasteiger partial charge in [0.1, 0.15) is 5.82 Å². The molecule has 3 rings (SSSR count). The molecule has 138 valence electrons. The first-order valence-electron chi connectivity index (χ1n) is 8.19. The quantitative estimate of drug-likeness (QED) is 0.385. The summed E-state index contributed by atoms with van der Waals surface area (Å²) < 4.78 is 15.1. The zero-order valence-corrected chi connectivity index (χ0v) is 15.2. The van der Waals surface area contributed by atoms with Crippen molar-refractivity contribution >= 4 is 28.7 Å². The molecule has 0 radical (unpaired) electrons. The Morgan fingerprint density at radius 3 is 2.89 bits per heavy atom. The number of thioether (sulfide) groups is 1. The van der Waals surface area contributed by atoms with Crippen LogP contribution in [0.3, 0.4) is 0 Å². The number of amides is 1. The molecular formula is C19H17FN4O2S. The van der Waals surface area contributed by atoms with Crippen molar-refractivity contribution in [3.8, 4) is 0 Å². The van der Waals surface area contributed by atoms with Crippen molar-refractivity contribution in [2.45, 2.75) is 18.2 Å². The molecule has 0 bridgehead atoms. The molecule has 0 unspecified atom stereocenters. The van der Waals surface area contributed by atoms with Gasteiger partial charge in [0, 0.05) is 24.8 Å². The number of nitrogens with zero attached hydrogens (tertiary/aromatic N) is 3. The van der Waals surface area contributed by atoms with E-state index >= 15 is 0 Å². The van der Waals surface area contributed by atoms with Crippen molar-refractivity contribution in [3.63, 3.8) is 0 Å². The molecule has 0 atom stereocenters. The first-order chi connectivity index (χ1) is 13.1. The first-order valence-corrected chi connectivity index (χ1v) is 9.18. The fraction of sp³-hybridized carbons (Fsp3) is 0.158. The van der Waals surface area contributed by atoms with E-state index in [2.05, 4.69) is 21.9 Å². The van der Waals surface area contributed by atoms with Gasteiger partial charge < -0.3 is 5.32 Å². The van der Waals surface area contributed by atoms with Gasteiger partial charge in [0.05, 0.1) is 11.1 Å². The molecule has 1 N–H and O–H groups in total. The third-order valence-electron chi connectivity index (χ3n) is 3.77. The molecule has 2 heterocycles. The van der Waals surface area contributed by atoms with E-state index in [-0.39, 0.29) is 36.1 Å². The molecule has 0 spiro atoms. The van der Waals surface area contributed by atoms with Crippen molar-refractivity contribution in [1.29, 1.82) is 0 Å². The van der Waals surface area contributed by atoms with Gasteiger partial charge in [-0.2, -0.15) is 0 Å². The van der Waals surface area contributed by atoms with E-state index in [0.29, 0.717) is 21.8 Å². The smallest absolute Gasteiger partial charge is 0.263 e. The molecule has 0 aliphatic rings. The average molecular weight is 384 g/mol. The van der Waals surface area contributed by atoms with Crippen LogP contribution in [-0.4, -0.2) is 26.2 Å². The molecular weight excluding hydrogens is 367 g/mol. The van der Waals surface area contributed by atoms with Gasteiger partial charge in [0.2, 0.25) is 5.91 Å². The number of carbonyl (C=O) groups is 1. The summed E-state index contributed by atoms with van der Waals surface area (Å²) in [6.07, 6.45) is 3.15. The Kier molecular flexibility index (Phi) is 5.97. The summed E-state index contributed by atoms with van der Waals surface area (Å²) in [5, 5.41) is 3.45. The highest BCUT2D eigenvalue weighted by atomic mass is 32.2. The Bertz CT molecular complexity index is 1050. The molecule has 0 saturated carbocycles. The second-order valence-electron chi connectivity index (χ2n) is 5.63. The van der Waals surface area contributed by atoms with Crippen LogP contribution in [0.5, 0.6) is 0 Å². The van der Waals surface area contributed by atoms with E-state index in [4.69, 9.17) is 0 Å². The van der Waals surface area contributed by atoms with Crippen LogP contribution in [0.15, 0.2) is 65.2 Å². The predicted molar refractivity (Wildman–Crippen MR) is 103 cm³/mol. The molecule has 0 aliphatic carbocycles. The first kappa shape index (κ1) is 18.8. The van der Waals surface area contributed by atoms with Gasteiger partial charge in [-0.3, -0.25) is 14.2 Å². The molecule has 6 nitrogen and oxygen atoms in total. The number of aromatic nitrogens is 3. The number of allylic oxidation sites excluding steroid dienone is 1. The maximum absolute atomic E-state index is 13.6. The largest absolute Gasteiger partial charge is 0.351 e. The summed E-state index contributed by atoms with van der Waals surface area (Å²) in [7, 11) is 0. The topological polar surface area (TPSA) is 76.9 Å². The van der Waals surface area contributed by atoms with Crippen molar-refractivity contribution in [2.24, 2.45) is 0 Å². The van der Waals surface area contributed by atoms with Gasteiger partial charge in [0.25, 0.3) is 5.56 Å². The van der Waals surface area contributed by atoms with Crippen molar-refractivity contribution in [1.82, 2.24) is 19.9 Å². The Morgan fingerprint density at radius 1 is 1.30 bits per heavy atom. The highest BCUT2D eigenvalue weighted by molar-refractivity contribution is 7.99. The van der Waals surface area contributed by atoms with Gasteiger partial charge in [-0.05, 0) is 18.2 Å². The maximum Gasteiger partial charge on any atom is 0.263 e. The Labute approximate surface area is 159 Å². The van der Waals surface area contributed by atoms with Gasteiger partial charge in [0.15, 0.2) is 10.8 Å². The van der Waals surface area contributed by atoms with Gasteiger partial charge >= 0.3 is 0 Å². The second-order valence-corrected chi connectivity index (χ2v) is 6.57. The fourth-order valence-electron chi connectivity index (χ4n) is 2.45. The number of benzene rings is 1. The minimum atomic E-state index is -0.368. The number of nitrogens with one attached hydrogen (secondary N) is 1. The lowest BCUT2D eigenvalue weighted by molar-refractivity contribution is -0.118. The Morgan fingerprint density at radius 2 is 2.11 bits per heavy atom. The predicted octanol–water partition coefficient (Wildman–Crippen LogP) is 2.53. The molecule has 1 amide bonds. The zero-order chi connectivity index (χ0) is 19.2. The van der Waals surface area contributed by atoms with Crippen LogP contribution in [0.4, 0.5) is 4.39 Å². The summed E-state index contributed by atoms with van der Waals surface area (Å²) >= 11 is 1.12. The molecule has 27 heavy (non-hydrogen) atoms. The SMILES string of the molecule is C=CCn1c(SCC(=O)NCc2ccccc2F)nc2ncccc2c1=O. The lowest BCUT2D eigenvalue weighted by Gasteiger charge is -2.11. The van der Waals surface area contributed by atoms with Crippen LogP contribution in [0, 0.1) is 5.82 Å². The van der Waals surface area contributed by atoms with E-state index in [0.717, 1.165) is 11.8 Å². The van der Waals surface area contributed by atoms with E-state index in [1.807, 2.05) is 0 Å². The maximum atomic E-state index is 13.6. The highest BCUT2D eigenvalue weighted by Crippen LogP contribution is 2.17. The van der Waals surface area contributed by atoms with Gasteiger partial charge in [-0.1, -0.05) is 36.0 Å². The molecule has 2 aromatic heterocycles. The van der Waals surface area contributed by atoms with E-state index in [1.54, 1.807) is 42.6 Å². The van der Waals surface area contributed by atoms with Crippen molar-refractivity contribution in [3.05, 3.63) is 77.0 Å². The third-order valence-corrected chi connectivity index (χ3v) is 4.75. The monoisotopic (exact) mass is 384 g/mol. The second kappa shape index (κ2) is 8.59. The number of pyridine rings is 1. The van der Waals surface area contributed by atoms with Crippen LogP contribution in [-0.2, 0) is 17.9 Å². The summed E-state index contributed by atoms with van der Waals surface area (Å²) in [5.74, 6) is -0.618. The summed E-state index contributed by atoms with van der Waals surface area (Å²) in [4.78, 5) is 33.2. The lowest BCUT2D eigenvalue weighted by Crippen LogP contribution is -2.27. The number of fused-ring (bicyclic) bond motifs is 1. The van der Waals surface area contributed by atoms with Gasteiger partial charge in [-0.25, -0.2) is 14.4 Å². The van der Waals surface area contributed by atoms with Crippen LogP contribution < -0.4 is 10.9 Å². The number of hydrogen-bond acceptors (Lipinski definition) is 5. The van der Waals surface area contributed by atoms with E-state index in [9.17, 15) is 14.0 Å². The Hall–Kier alpha value is -3.00. The lowest BCUT2D eigenvalue weighted by atomic mass is 10.2. The van der Waals surface area contributed by atoms with Crippen molar-refractivity contribution in [2.75, 3.05) is 5.75 Å². The number of hydrogen-bond donors (Lipinski definition) is 1. The average Bonchev–Trinajstić information content (AvgIpc) is 2.68. The van der Waals surface area contributed by atoms with Crippen LogP contribution >= 0.6 is 11.8 Å². The summed E-state index contributed by atoms with van der Waals surface area (Å²) in [6, 6.07) is 9.59. The van der Waals surface area contributed by atoms with Crippen molar-refractivity contribution < 1.29 is 9.18 Å². The van der Waals surface area contributed by atoms with E-state index < -0.39 is 0 Å².